The molecule has 1 aromatic heterocycles. The fourth-order valence-corrected chi connectivity index (χ4v) is 2.46. The average molecular weight is 225 g/mol. The van der Waals surface area contributed by atoms with Crippen molar-refractivity contribution in [3.63, 3.8) is 0 Å². The molecule has 0 atom stereocenters. The third-order valence-corrected chi connectivity index (χ3v) is 3.30. The second-order valence-corrected chi connectivity index (χ2v) is 4.26. The van der Waals surface area contributed by atoms with Crippen molar-refractivity contribution in [2.45, 2.75) is 34.1 Å². The molecule has 0 fully saturated rings. The van der Waals surface area contributed by atoms with Gasteiger partial charge in [-0.15, -0.1) is 0 Å². The van der Waals surface area contributed by atoms with Crippen LogP contribution in [0.5, 0.6) is 0 Å². The van der Waals surface area contributed by atoms with E-state index in [0.717, 1.165) is 6.42 Å². The smallest absolute Gasteiger partial charge is 0.0349 e. The van der Waals surface area contributed by atoms with E-state index >= 15 is 0 Å². The quantitative estimate of drug-likeness (QED) is 0.556. The van der Waals surface area contributed by atoms with Crippen LogP contribution in [0, 0.1) is 13.8 Å². The molecule has 1 heteroatoms. The summed E-state index contributed by atoms with van der Waals surface area (Å²) in [6.45, 7) is 8.37. The lowest BCUT2D eigenvalue weighted by molar-refractivity contribution is 1.20. The Morgan fingerprint density at radius 2 is 1.71 bits per heavy atom. The highest BCUT2D eigenvalue weighted by molar-refractivity contribution is 5.79. The Bertz CT molecular complexity index is 541. The minimum absolute atomic E-state index is 1.07. The molecule has 3 rings (SSSR count). The van der Waals surface area contributed by atoms with Gasteiger partial charge in [0.1, 0.15) is 0 Å². The summed E-state index contributed by atoms with van der Waals surface area (Å²) in [5.41, 5.74) is 8.40. The Balaban J connectivity index is 0.000000514. The van der Waals surface area contributed by atoms with E-state index < -0.39 is 0 Å². The van der Waals surface area contributed by atoms with Crippen LogP contribution in [0.2, 0.25) is 0 Å². The molecule has 88 valence electrons. The van der Waals surface area contributed by atoms with Crippen LogP contribution in [0.15, 0.2) is 30.6 Å². The zero-order chi connectivity index (χ0) is 12.4. The van der Waals surface area contributed by atoms with Crippen LogP contribution in [0.1, 0.15) is 36.1 Å². The number of hydrogen-bond acceptors (Lipinski definition) is 1. The van der Waals surface area contributed by atoms with Gasteiger partial charge >= 0.3 is 0 Å². The van der Waals surface area contributed by atoms with Gasteiger partial charge in [-0.3, -0.25) is 4.98 Å². The Morgan fingerprint density at radius 1 is 1.00 bits per heavy atom. The number of pyridine rings is 1. The van der Waals surface area contributed by atoms with E-state index in [0.29, 0.717) is 0 Å². The number of fused-ring (bicyclic) bond motifs is 3. The Morgan fingerprint density at radius 3 is 2.47 bits per heavy atom. The highest BCUT2D eigenvalue weighted by Crippen LogP contribution is 2.39. The van der Waals surface area contributed by atoms with Gasteiger partial charge in [-0.2, -0.15) is 0 Å². The molecule has 0 spiro atoms. The van der Waals surface area contributed by atoms with Crippen LogP contribution in [0.3, 0.4) is 0 Å². The molecule has 0 bridgehead atoms. The zero-order valence-electron chi connectivity index (χ0n) is 11.0. The molecule has 0 unspecified atom stereocenters. The normalized spacial score (nSPS) is 11.3. The maximum Gasteiger partial charge on any atom is 0.0349 e. The number of aryl methyl sites for hydroxylation is 2. The van der Waals surface area contributed by atoms with Gasteiger partial charge in [0.25, 0.3) is 0 Å². The lowest BCUT2D eigenvalue weighted by atomic mass is 9.98. The fourth-order valence-electron chi connectivity index (χ4n) is 2.46. The molecule has 17 heavy (non-hydrogen) atoms. The van der Waals surface area contributed by atoms with Crippen molar-refractivity contribution in [1.29, 1.82) is 0 Å². The summed E-state index contributed by atoms with van der Waals surface area (Å²) in [6, 6.07) is 6.55. The predicted octanol–water partition coefficient (Wildman–Crippen LogP) is 4.30. The molecule has 2 aromatic rings. The van der Waals surface area contributed by atoms with Crippen LogP contribution in [0.25, 0.3) is 11.1 Å². The molecule has 1 aliphatic carbocycles. The molecule has 1 nitrogen and oxygen atoms in total. The monoisotopic (exact) mass is 225 g/mol. The molecule has 0 saturated carbocycles. The standard InChI is InChI=1S/C14H13N.C2H6/c1-9-3-4-10(2)14-12(9)7-11-5-6-15-8-13(11)14;1-2/h3-6,8H,7H2,1-2H3;1-2H3. The summed E-state index contributed by atoms with van der Waals surface area (Å²) in [5, 5.41) is 0. The Kier molecular flexibility index (Phi) is 3.28. The van der Waals surface area contributed by atoms with Gasteiger partial charge in [0.2, 0.25) is 0 Å². The molecule has 1 aliphatic rings. The SMILES string of the molecule is CC.Cc1ccc(C)c2c1Cc1ccncc1-2. The third-order valence-electron chi connectivity index (χ3n) is 3.30. The van der Waals surface area contributed by atoms with Gasteiger partial charge in [0, 0.05) is 18.0 Å². The molecule has 0 radical (unpaired) electrons. The Hall–Kier alpha value is -1.63. The van der Waals surface area contributed by atoms with Gasteiger partial charge < -0.3 is 0 Å². The summed E-state index contributed by atoms with van der Waals surface area (Å²) in [6.07, 6.45) is 4.95. The molecular formula is C16H19N. The minimum atomic E-state index is 1.07. The van der Waals surface area contributed by atoms with Crippen molar-refractivity contribution in [3.8, 4) is 11.1 Å². The van der Waals surface area contributed by atoms with Gasteiger partial charge in [0.05, 0.1) is 0 Å². The number of aromatic nitrogens is 1. The van der Waals surface area contributed by atoms with E-state index in [1.54, 1.807) is 0 Å². The first-order valence-electron chi connectivity index (χ1n) is 6.29. The Labute approximate surface area is 104 Å². The zero-order valence-corrected chi connectivity index (χ0v) is 11.0. The van der Waals surface area contributed by atoms with Crippen LogP contribution < -0.4 is 0 Å². The lowest BCUT2D eigenvalue weighted by Crippen LogP contribution is -1.88. The van der Waals surface area contributed by atoms with Crippen LogP contribution in [-0.2, 0) is 6.42 Å². The topological polar surface area (TPSA) is 12.9 Å². The van der Waals surface area contributed by atoms with Gasteiger partial charge in [-0.05, 0) is 54.2 Å². The number of hydrogen-bond donors (Lipinski definition) is 0. The summed E-state index contributed by atoms with van der Waals surface area (Å²) in [5.74, 6) is 0. The molecule has 1 heterocycles. The minimum Gasteiger partial charge on any atom is -0.264 e. The van der Waals surface area contributed by atoms with Crippen LogP contribution >= 0.6 is 0 Å². The lowest BCUT2D eigenvalue weighted by Gasteiger charge is -2.07. The van der Waals surface area contributed by atoms with Gasteiger partial charge in [-0.25, -0.2) is 0 Å². The molecule has 0 N–H and O–H groups in total. The maximum absolute atomic E-state index is 4.23. The van der Waals surface area contributed by atoms with E-state index in [4.69, 9.17) is 0 Å². The fraction of sp³-hybridized carbons (Fsp3) is 0.312. The number of rotatable bonds is 0. The first-order chi connectivity index (χ1) is 8.27. The second kappa shape index (κ2) is 4.70. The molecule has 1 aromatic carbocycles. The van der Waals surface area contributed by atoms with E-state index in [9.17, 15) is 0 Å². The van der Waals surface area contributed by atoms with E-state index in [2.05, 4.69) is 37.0 Å². The average Bonchev–Trinajstić information content (AvgIpc) is 2.77. The molecular weight excluding hydrogens is 206 g/mol. The highest BCUT2D eigenvalue weighted by atomic mass is 14.6. The maximum atomic E-state index is 4.23. The van der Waals surface area contributed by atoms with Crippen molar-refractivity contribution in [2.24, 2.45) is 0 Å². The van der Waals surface area contributed by atoms with Crippen LogP contribution in [0.4, 0.5) is 0 Å². The summed E-state index contributed by atoms with van der Waals surface area (Å²) in [7, 11) is 0. The van der Waals surface area contributed by atoms with E-state index in [1.807, 2.05) is 26.2 Å². The van der Waals surface area contributed by atoms with Gasteiger partial charge in [0.15, 0.2) is 0 Å². The largest absolute Gasteiger partial charge is 0.264 e. The highest BCUT2D eigenvalue weighted by Gasteiger charge is 2.21. The third kappa shape index (κ3) is 1.86. The second-order valence-electron chi connectivity index (χ2n) is 4.26. The summed E-state index contributed by atoms with van der Waals surface area (Å²) in [4.78, 5) is 4.23. The van der Waals surface area contributed by atoms with Crippen molar-refractivity contribution in [3.05, 3.63) is 52.8 Å². The molecule has 0 amide bonds. The number of benzene rings is 1. The van der Waals surface area contributed by atoms with E-state index in [1.165, 1.54) is 33.4 Å². The van der Waals surface area contributed by atoms with Gasteiger partial charge in [-0.1, -0.05) is 26.0 Å². The molecule has 0 aliphatic heterocycles. The van der Waals surface area contributed by atoms with Crippen molar-refractivity contribution in [2.75, 3.05) is 0 Å². The predicted molar refractivity (Wildman–Crippen MR) is 73.3 cm³/mol. The van der Waals surface area contributed by atoms with Crippen LogP contribution in [-0.4, -0.2) is 4.98 Å². The number of nitrogens with zero attached hydrogens (tertiary/aromatic N) is 1. The summed E-state index contributed by atoms with van der Waals surface area (Å²) >= 11 is 0. The first kappa shape index (κ1) is 11.8. The first-order valence-corrected chi connectivity index (χ1v) is 6.29. The van der Waals surface area contributed by atoms with Crippen molar-refractivity contribution < 1.29 is 0 Å². The molecule has 0 saturated heterocycles. The van der Waals surface area contributed by atoms with Crippen molar-refractivity contribution in [1.82, 2.24) is 4.98 Å². The van der Waals surface area contributed by atoms with E-state index in [-0.39, 0.29) is 0 Å². The summed E-state index contributed by atoms with van der Waals surface area (Å²) < 4.78 is 0. The van der Waals surface area contributed by atoms with Crippen molar-refractivity contribution >= 4 is 0 Å².